The number of fused-ring (bicyclic) bond motifs is 1. The Morgan fingerprint density at radius 1 is 1.33 bits per heavy atom. The Hall–Kier alpha value is -3.01. The second-order valence-corrected chi connectivity index (χ2v) is 5.63. The van der Waals surface area contributed by atoms with Gasteiger partial charge in [-0.15, -0.1) is 0 Å². The lowest BCUT2D eigenvalue weighted by Gasteiger charge is -2.09. The van der Waals surface area contributed by atoms with E-state index in [0.29, 0.717) is 12.3 Å². The summed E-state index contributed by atoms with van der Waals surface area (Å²) in [5, 5.41) is -0.393. The molecule has 3 rings (SSSR count). The van der Waals surface area contributed by atoms with Gasteiger partial charge in [-0.1, -0.05) is 11.6 Å². The van der Waals surface area contributed by atoms with Crippen molar-refractivity contribution in [1.29, 1.82) is 0 Å². The van der Waals surface area contributed by atoms with Crippen LogP contribution in [-0.4, -0.2) is 29.2 Å². The molecule has 2 aromatic heterocycles. The van der Waals surface area contributed by atoms with Gasteiger partial charge in [-0.25, -0.2) is 19.1 Å². The predicted molar refractivity (Wildman–Crippen MR) is 87.1 cm³/mol. The van der Waals surface area contributed by atoms with E-state index in [1.165, 1.54) is 25.3 Å². The Balaban J connectivity index is 2.07. The molecule has 2 heterocycles. The second-order valence-electron chi connectivity index (χ2n) is 5.22. The molecule has 0 aliphatic heterocycles. The predicted octanol–water partition coefficient (Wildman–Crippen LogP) is 3.20. The first-order chi connectivity index (χ1) is 12.7. The van der Waals surface area contributed by atoms with E-state index in [2.05, 4.69) is 9.72 Å². The minimum Gasteiger partial charge on any atom is -0.482 e. The van der Waals surface area contributed by atoms with Crippen molar-refractivity contribution in [3.8, 4) is 11.6 Å². The van der Waals surface area contributed by atoms with Gasteiger partial charge in [0.1, 0.15) is 11.3 Å². The highest BCUT2D eigenvalue weighted by molar-refractivity contribution is 6.32. The zero-order valence-electron chi connectivity index (χ0n) is 13.5. The molecule has 0 aliphatic rings. The summed E-state index contributed by atoms with van der Waals surface area (Å²) in [4.78, 5) is 27.0. The largest absolute Gasteiger partial charge is 0.482 e. The molecule has 1 aromatic carbocycles. The maximum atomic E-state index is 12.8. The van der Waals surface area contributed by atoms with Crippen molar-refractivity contribution in [2.45, 2.75) is 6.18 Å². The lowest BCUT2D eigenvalue weighted by atomic mass is 10.2. The van der Waals surface area contributed by atoms with Crippen molar-refractivity contribution in [1.82, 2.24) is 9.55 Å². The second kappa shape index (κ2) is 6.95. The number of esters is 1. The van der Waals surface area contributed by atoms with E-state index >= 15 is 0 Å². The van der Waals surface area contributed by atoms with Gasteiger partial charge in [-0.05, 0) is 18.2 Å². The number of ether oxygens (including phenoxy) is 2. The average molecular weight is 403 g/mol. The molecule has 0 aliphatic carbocycles. The number of benzene rings is 1. The Labute approximate surface area is 153 Å². The number of alkyl halides is 3. The molecule has 7 nitrogen and oxygen atoms in total. The highest BCUT2D eigenvalue weighted by atomic mass is 35.5. The van der Waals surface area contributed by atoms with Crippen LogP contribution >= 0.6 is 11.6 Å². The van der Waals surface area contributed by atoms with Crippen LogP contribution in [0.3, 0.4) is 0 Å². The summed E-state index contributed by atoms with van der Waals surface area (Å²) in [5.41, 5.74) is -0.779. The normalized spacial score (nSPS) is 11.6. The highest BCUT2D eigenvalue weighted by Crippen LogP contribution is 2.32. The number of hydrogen-bond donors (Lipinski definition) is 0. The lowest BCUT2D eigenvalue weighted by molar-refractivity contribution is -0.143. The molecule has 0 radical (unpaired) electrons. The number of hydrogen-bond acceptors (Lipinski definition) is 6. The molecule has 0 atom stereocenters. The molecule has 0 saturated carbocycles. The van der Waals surface area contributed by atoms with Crippen molar-refractivity contribution >= 4 is 28.7 Å². The minimum absolute atomic E-state index is 0.128. The van der Waals surface area contributed by atoms with Crippen LogP contribution in [-0.2, 0) is 15.7 Å². The van der Waals surface area contributed by atoms with Crippen LogP contribution in [0.2, 0.25) is 5.02 Å². The Morgan fingerprint density at radius 2 is 2.07 bits per heavy atom. The van der Waals surface area contributed by atoms with Crippen molar-refractivity contribution in [2.75, 3.05) is 13.7 Å². The van der Waals surface area contributed by atoms with Crippen LogP contribution in [0.25, 0.3) is 16.9 Å². The first-order valence-corrected chi connectivity index (χ1v) is 7.67. The summed E-state index contributed by atoms with van der Waals surface area (Å²) >= 11 is 5.90. The van der Waals surface area contributed by atoms with Crippen LogP contribution in [0, 0.1) is 0 Å². The number of pyridine rings is 1. The quantitative estimate of drug-likeness (QED) is 0.623. The number of halogens is 4. The number of methoxy groups -OCH3 is 1. The van der Waals surface area contributed by atoms with Crippen molar-refractivity contribution in [3.63, 3.8) is 0 Å². The monoisotopic (exact) mass is 402 g/mol. The van der Waals surface area contributed by atoms with E-state index < -0.39 is 28.5 Å². The minimum atomic E-state index is -4.63. The number of aromatic nitrogens is 2. The molecule has 142 valence electrons. The number of oxazole rings is 1. The Kier molecular flexibility index (Phi) is 4.83. The zero-order valence-corrected chi connectivity index (χ0v) is 14.3. The first kappa shape index (κ1) is 18.8. The molecular weight excluding hydrogens is 393 g/mol. The van der Waals surface area contributed by atoms with E-state index in [9.17, 15) is 22.8 Å². The van der Waals surface area contributed by atoms with Gasteiger partial charge in [0.2, 0.25) is 0 Å². The smallest absolute Gasteiger partial charge is 0.425 e. The van der Waals surface area contributed by atoms with Gasteiger partial charge >= 0.3 is 17.9 Å². The van der Waals surface area contributed by atoms with Crippen LogP contribution in [0.1, 0.15) is 5.56 Å². The third kappa shape index (κ3) is 3.75. The van der Waals surface area contributed by atoms with E-state index in [1.54, 1.807) is 0 Å². The topological polar surface area (TPSA) is 83.6 Å². The van der Waals surface area contributed by atoms with E-state index in [0.717, 1.165) is 4.57 Å². The third-order valence-corrected chi connectivity index (χ3v) is 3.77. The highest BCUT2D eigenvalue weighted by Gasteiger charge is 2.32. The van der Waals surface area contributed by atoms with Crippen molar-refractivity contribution in [2.24, 2.45) is 0 Å². The number of nitrogens with zero attached hydrogens (tertiary/aromatic N) is 2. The maximum Gasteiger partial charge on any atom is 0.425 e. The molecule has 0 amide bonds. The van der Waals surface area contributed by atoms with Gasteiger partial charge in [-0.3, -0.25) is 0 Å². The molecule has 3 aromatic rings. The summed E-state index contributed by atoms with van der Waals surface area (Å²) in [7, 11) is 1.20. The Morgan fingerprint density at radius 3 is 2.70 bits per heavy atom. The molecule has 0 fully saturated rings. The molecule has 0 spiro atoms. The summed E-state index contributed by atoms with van der Waals surface area (Å²) in [6.07, 6.45) is -4.07. The molecule has 0 unspecified atom stereocenters. The number of carbonyl (C=O) groups is 1. The first-order valence-electron chi connectivity index (χ1n) is 7.29. The summed E-state index contributed by atoms with van der Waals surface area (Å²) in [6, 6.07) is 4.86. The molecular formula is C16H10ClF3N2O5. The van der Waals surface area contributed by atoms with Crippen LogP contribution < -0.4 is 10.5 Å². The molecule has 0 N–H and O–H groups in total. The van der Waals surface area contributed by atoms with Crippen molar-refractivity contribution < 1.29 is 31.9 Å². The van der Waals surface area contributed by atoms with Gasteiger partial charge in [0, 0.05) is 12.3 Å². The van der Waals surface area contributed by atoms with Crippen molar-refractivity contribution in [3.05, 3.63) is 51.6 Å². The van der Waals surface area contributed by atoms with E-state index in [4.69, 9.17) is 20.8 Å². The third-order valence-electron chi connectivity index (χ3n) is 3.50. The molecule has 27 heavy (non-hydrogen) atoms. The fourth-order valence-corrected chi connectivity index (χ4v) is 2.49. The van der Waals surface area contributed by atoms with E-state index in [1.807, 2.05) is 0 Å². The fraction of sp³-hybridized carbons (Fsp3) is 0.188. The number of carbonyl (C=O) groups excluding carboxylic acids is 1. The fourth-order valence-electron chi connectivity index (χ4n) is 2.24. The summed E-state index contributed by atoms with van der Waals surface area (Å²) in [5.74, 6) is -1.56. The van der Waals surface area contributed by atoms with Gasteiger partial charge in [0.05, 0.1) is 17.7 Å². The average Bonchev–Trinajstić information content (AvgIpc) is 2.93. The SMILES string of the molecule is COC(=O)COc1ccc2oc(=O)n(-c3ncc(C(F)(F)F)cc3Cl)c2c1. The summed E-state index contributed by atoms with van der Waals surface area (Å²) in [6.45, 7) is -0.372. The van der Waals surface area contributed by atoms with Gasteiger partial charge in [0.15, 0.2) is 18.0 Å². The van der Waals surface area contributed by atoms with Gasteiger partial charge in [-0.2, -0.15) is 13.2 Å². The van der Waals surface area contributed by atoms with Gasteiger partial charge < -0.3 is 13.9 Å². The Bertz CT molecular complexity index is 1070. The van der Waals surface area contributed by atoms with Crippen LogP contribution in [0.5, 0.6) is 5.75 Å². The standard InChI is InChI=1S/C16H10ClF3N2O5/c1-25-13(23)7-26-9-2-3-12-11(5-9)22(15(24)27-12)14-10(17)4-8(6-21-14)16(18,19)20/h2-6H,7H2,1H3. The van der Waals surface area contributed by atoms with Gasteiger partial charge in [0.25, 0.3) is 0 Å². The lowest BCUT2D eigenvalue weighted by Crippen LogP contribution is -2.15. The maximum absolute atomic E-state index is 12.8. The zero-order chi connectivity index (χ0) is 19.8. The molecule has 0 saturated heterocycles. The summed E-state index contributed by atoms with van der Waals surface area (Å²) < 4.78 is 53.9. The van der Waals surface area contributed by atoms with E-state index in [-0.39, 0.29) is 29.3 Å². The van der Waals surface area contributed by atoms with Crippen LogP contribution in [0.15, 0.2) is 39.7 Å². The van der Waals surface area contributed by atoms with Crippen LogP contribution in [0.4, 0.5) is 13.2 Å². The molecule has 11 heteroatoms. The molecule has 0 bridgehead atoms. The number of rotatable bonds is 4.